The number of amides is 1. The van der Waals surface area contributed by atoms with E-state index in [1.54, 1.807) is 6.92 Å². The molecule has 0 fully saturated rings. The van der Waals surface area contributed by atoms with Gasteiger partial charge in [0.2, 0.25) is 0 Å². The Labute approximate surface area is 249 Å². The van der Waals surface area contributed by atoms with Gasteiger partial charge < -0.3 is 15.8 Å². The van der Waals surface area contributed by atoms with Crippen molar-refractivity contribution < 1.29 is 27.1 Å². The molecule has 4 rings (SSSR count). The van der Waals surface area contributed by atoms with Crippen LogP contribution in [0.1, 0.15) is 96.6 Å². The summed E-state index contributed by atoms with van der Waals surface area (Å²) in [7, 11) is 0. The lowest BCUT2D eigenvalue weighted by Gasteiger charge is -2.21. The standard InChI is InChI=1S/C33H38F4N4O2/c1-5-7-20(17-40-32(42)21-12-22(16-39-10-6-2)30(38)29(13-21)43-33(36)37)28-14-24-18(3)8-9-23(24)31(41-28)25-11-19(4)26(34)15-27(25)35/h11-16,18,20,33H,5-10,17,38H2,1-4H3,(H,40,42). The maximum atomic E-state index is 15.1. The summed E-state index contributed by atoms with van der Waals surface area (Å²) in [6.07, 6.45) is 5.34. The van der Waals surface area contributed by atoms with E-state index in [1.165, 1.54) is 24.4 Å². The molecule has 3 N–H and O–H groups in total. The molecule has 0 saturated carbocycles. The molecular weight excluding hydrogens is 560 g/mol. The van der Waals surface area contributed by atoms with Gasteiger partial charge in [0.15, 0.2) is 0 Å². The SMILES string of the molecule is CCCN=Cc1cc(C(=O)NCC(CCC)c2cc3c(c(-c4cc(C)c(F)cc4F)n2)CCC3C)cc(OC(F)F)c1N. The van der Waals surface area contributed by atoms with E-state index in [0.29, 0.717) is 35.5 Å². The summed E-state index contributed by atoms with van der Waals surface area (Å²) in [5.41, 5.74) is 10.2. The highest BCUT2D eigenvalue weighted by atomic mass is 19.3. The van der Waals surface area contributed by atoms with Crippen LogP contribution in [0, 0.1) is 18.6 Å². The van der Waals surface area contributed by atoms with Crippen molar-refractivity contribution >= 4 is 17.8 Å². The van der Waals surface area contributed by atoms with Crippen molar-refractivity contribution in [3.8, 4) is 17.0 Å². The summed E-state index contributed by atoms with van der Waals surface area (Å²) in [4.78, 5) is 22.5. The lowest BCUT2D eigenvalue weighted by atomic mass is 9.92. The molecule has 1 amide bonds. The molecule has 1 aliphatic rings. The number of hydrogen-bond acceptors (Lipinski definition) is 5. The fraction of sp³-hybridized carbons (Fsp3) is 0.424. The number of aromatic nitrogens is 1. The number of halogens is 4. The minimum atomic E-state index is -3.12. The molecule has 1 aliphatic carbocycles. The van der Waals surface area contributed by atoms with Gasteiger partial charge in [0.05, 0.1) is 11.4 Å². The zero-order valence-electron chi connectivity index (χ0n) is 24.9. The smallest absolute Gasteiger partial charge is 0.387 e. The van der Waals surface area contributed by atoms with E-state index >= 15 is 4.39 Å². The highest BCUT2D eigenvalue weighted by Gasteiger charge is 2.28. The van der Waals surface area contributed by atoms with Gasteiger partial charge in [0, 0.05) is 53.7 Å². The first-order chi connectivity index (χ1) is 20.5. The maximum Gasteiger partial charge on any atom is 0.387 e. The summed E-state index contributed by atoms with van der Waals surface area (Å²) in [6, 6.07) is 7.11. The number of benzene rings is 2. The van der Waals surface area contributed by atoms with Crippen LogP contribution in [-0.4, -0.2) is 36.8 Å². The van der Waals surface area contributed by atoms with E-state index in [-0.39, 0.29) is 40.9 Å². The van der Waals surface area contributed by atoms with Crippen LogP contribution in [-0.2, 0) is 6.42 Å². The third kappa shape index (κ3) is 7.35. The van der Waals surface area contributed by atoms with Crippen LogP contribution in [0.5, 0.6) is 5.75 Å². The monoisotopic (exact) mass is 598 g/mol. The molecule has 0 saturated heterocycles. The fourth-order valence-electron chi connectivity index (χ4n) is 5.49. The number of carbonyl (C=O) groups is 1. The molecule has 2 aromatic carbocycles. The Balaban J connectivity index is 1.67. The summed E-state index contributed by atoms with van der Waals surface area (Å²) < 4.78 is 59.9. The van der Waals surface area contributed by atoms with Crippen molar-refractivity contribution in [2.45, 2.75) is 78.2 Å². The molecule has 0 spiro atoms. The first kappa shape index (κ1) is 32.0. The fourth-order valence-corrected chi connectivity index (χ4v) is 5.49. The Hall–Kier alpha value is -3.95. The van der Waals surface area contributed by atoms with Crippen molar-refractivity contribution in [2.24, 2.45) is 4.99 Å². The van der Waals surface area contributed by atoms with Crippen LogP contribution in [0.3, 0.4) is 0 Å². The molecule has 1 heterocycles. The van der Waals surface area contributed by atoms with Gasteiger partial charge in [-0.1, -0.05) is 27.2 Å². The molecule has 2 unspecified atom stereocenters. The lowest BCUT2D eigenvalue weighted by Crippen LogP contribution is -2.29. The summed E-state index contributed by atoms with van der Waals surface area (Å²) in [5.74, 6) is -2.06. The number of ether oxygens (including phenoxy) is 1. The number of nitrogens with two attached hydrogens (primary N) is 1. The third-order valence-electron chi connectivity index (χ3n) is 7.84. The molecule has 0 aliphatic heterocycles. The number of aliphatic imine (C=N–C) groups is 1. The molecule has 0 bridgehead atoms. The maximum absolute atomic E-state index is 15.1. The Morgan fingerprint density at radius 3 is 2.63 bits per heavy atom. The quantitative estimate of drug-likeness (QED) is 0.127. The van der Waals surface area contributed by atoms with Crippen molar-refractivity contribution in [2.75, 3.05) is 18.8 Å². The molecule has 2 atom stereocenters. The van der Waals surface area contributed by atoms with E-state index in [1.807, 2.05) is 19.9 Å². The molecular formula is C33H38F4N4O2. The summed E-state index contributed by atoms with van der Waals surface area (Å²) in [6.45, 7) is 5.26. The van der Waals surface area contributed by atoms with Gasteiger partial charge in [-0.25, -0.2) is 8.78 Å². The number of aryl methyl sites for hydroxylation is 1. The van der Waals surface area contributed by atoms with Crippen molar-refractivity contribution in [1.82, 2.24) is 10.3 Å². The number of nitrogens with zero attached hydrogens (tertiary/aromatic N) is 2. The minimum Gasteiger partial charge on any atom is -0.433 e. The van der Waals surface area contributed by atoms with Crippen molar-refractivity contribution in [1.29, 1.82) is 0 Å². The topological polar surface area (TPSA) is 89.6 Å². The summed E-state index contributed by atoms with van der Waals surface area (Å²) >= 11 is 0. The van der Waals surface area contributed by atoms with Crippen LogP contribution in [0.4, 0.5) is 23.2 Å². The second-order valence-electron chi connectivity index (χ2n) is 11.1. The molecule has 10 heteroatoms. The van der Waals surface area contributed by atoms with E-state index in [2.05, 4.69) is 22.0 Å². The molecule has 1 aromatic heterocycles. The van der Waals surface area contributed by atoms with Gasteiger partial charge in [0.25, 0.3) is 5.91 Å². The average molecular weight is 599 g/mol. The number of alkyl halides is 2. The molecule has 0 radical (unpaired) electrons. The number of nitrogens with one attached hydrogen (secondary N) is 1. The Kier molecular flexibility index (Phi) is 10.4. The number of fused-ring (bicyclic) bond motifs is 1. The zero-order chi connectivity index (χ0) is 31.3. The number of pyridine rings is 1. The Morgan fingerprint density at radius 2 is 1.93 bits per heavy atom. The predicted octanol–water partition coefficient (Wildman–Crippen LogP) is 7.71. The van der Waals surface area contributed by atoms with Crippen LogP contribution in [0.25, 0.3) is 11.3 Å². The third-order valence-corrected chi connectivity index (χ3v) is 7.84. The van der Waals surface area contributed by atoms with Crippen molar-refractivity contribution in [3.05, 3.63) is 75.5 Å². The highest BCUT2D eigenvalue weighted by molar-refractivity contribution is 5.99. The van der Waals surface area contributed by atoms with Gasteiger partial charge in [-0.05, 0) is 79.5 Å². The minimum absolute atomic E-state index is 0.0344. The lowest BCUT2D eigenvalue weighted by molar-refractivity contribution is -0.0493. The molecule has 6 nitrogen and oxygen atoms in total. The largest absolute Gasteiger partial charge is 0.433 e. The van der Waals surface area contributed by atoms with Gasteiger partial charge >= 0.3 is 6.61 Å². The number of nitrogen functional groups attached to an aromatic ring is 1. The molecule has 3 aromatic rings. The van der Waals surface area contributed by atoms with Crippen LogP contribution in [0.2, 0.25) is 0 Å². The van der Waals surface area contributed by atoms with Gasteiger partial charge in [0.1, 0.15) is 17.4 Å². The van der Waals surface area contributed by atoms with E-state index < -0.39 is 24.2 Å². The zero-order valence-corrected chi connectivity index (χ0v) is 24.9. The van der Waals surface area contributed by atoms with Crippen LogP contribution >= 0.6 is 0 Å². The van der Waals surface area contributed by atoms with Gasteiger partial charge in [-0.2, -0.15) is 8.78 Å². The van der Waals surface area contributed by atoms with Gasteiger partial charge in [-0.15, -0.1) is 0 Å². The van der Waals surface area contributed by atoms with Crippen LogP contribution < -0.4 is 15.8 Å². The van der Waals surface area contributed by atoms with Crippen LogP contribution in [0.15, 0.2) is 35.3 Å². The van der Waals surface area contributed by atoms with E-state index in [4.69, 9.17) is 10.7 Å². The Morgan fingerprint density at radius 1 is 1.16 bits per heavy atom. The molecule has 230 valence electrons. The normalized spacial score (nSPS) is 15.2. The first-order valence-corrected chi connectivity index (χ1v) is 14.7. The number of anilines is 1. The highest BCUT2D eigenvalue weighted by Crippen LogP contribution is 2.41. The number of rotatable bonds is 12. The predicted molar refractivity (Wildman–Crippen MR) is 161 cm³/mol. The second-order valence-corrected chi connectivity index (χ2v) is 11.1. The van der Waals surface area contributed by atoms with E-state index in [0.717, 1.165) is 42.9 Å². The first-order valence-electron chi connectivity index (χ1n) is 14.7. The van der Waals surface area contributed by atoms with E-state index in [9.17, 15) is 18.0 Å². The average Bonchev–Trinajstić information content (AvgIpc) is 3.34. The number of hydrogen-bond donors (Lipinski definition) is 2. The summed E-state index contributed by atoms with van der Waals surface area (Å²) in [5, 5.41) is 2.91. The molecule has 43 heavy (non-hydrogen) atoms. The number of carbonyl (C=O) groups excluding carboxylic acids is 1. The van der Waals surface area contributed by atoms with Gasteiger partial charge in [-0.3, -0.25) is 14.8 Å². The van der Waals surface area contributed by atoms with Crippen molar-refractivity contribution in [3.63, 3.8) is 0 Å². The second kappa shape index (κ2) is 14.0. The Bertz CT molecular complexity index is 1510.